The number of nitrogens with one attached hydrogen (secondary N) is 1. The number of hydrogen-bond acceptors (Lipinski definition) is 4. The molecule has 0 spiro atoms. The van der Waals surface area contributed by atoms with Crippen molar-refractivity contribution in [3.8, 4) is 0 Å². The highest BCUT2D eigenvalue weighted by Gasteiger charge is 2.16. The van der Waals surface area contributed by atoms with E-state index in [1.54, 1.807) is 0 Å². The predicted octanol–water partition coefficient (Wildman–Crippen LogP) is 2.83. The Morgan fingerprint density at radius 3 is 2.67 bits per heavy atom. The van der Waals surface area contributed by atoms with Gasteiger partial charge in [-0.15, -0.1) is 0 Å². The van der Waals surface area contributed by atoms with E-state index in [2.05, 4.69) is 10.3 Å². The molecule has 0 radical (unpaired) electrons. The van der Waals surface area contributed by atoms with Gasteiger partial charge in [0.2, 0.25) is 0 Å². The summed E-state index contributed by atoms with van der Waals surface area (Å²) in [6.07, 6.45) is 0.979. The number of amides is 1. The number of hydrogen-bond donors (Lipinski definition) is 1. The van der Waals surface area contributed by atoms with E-state index in [0.717, 1.165) is 24.4 Å². The van der Waals surface area contributed by atoms with Crippen LogP contribution in [0.5, 0.6) is 0 Å². The zero-order chi connectivity index (χ0) is 15.6. The van der Waals surface area contributed by atoms with Crippen molar-refractivity contribution in [3.63, 3.8) is 0 Å². The van der Waals surface area contributed by atoms with E-state index in [1.165, 1.54) is 13.0 Å². The van der Waals surface area contributed by atoms with E-state index in [1.807, 2.05) is 0 Å². The van der Waals surface area contributed by atoms with Gasteiger partial charge in [-0.3, -0.25) is 14.9 Å². The zero-order valence-corrected chi connectivity index (χ0v) is 10.8. The fourth-order valence-corrected chi connectivity index (χ4v) is 1.66. The van der Waals surface area contributed by atoms with Gasteiger partial charge in [-0.2, -0.15) is 0 Å². The average molecular weight is 293 g/mol. The third-order valence-corrected chi connectivity index (χ3v) is 2.69. The summed E-state index contributed by atoms with van der Waals surface area (Å²) in [5.41, 5.74) is -0.400. The van der Waals surface area contributed by atoms with Gasteiger partial charge in [0, 0.05) is 5.56 Å². The molecule has 6 nitrogen and oxygen atoms in total. The van der Waals surface area contributed by atoms with Crippen LogP contribution in [0, 0.1) is 28.7 Å². The zero-order valence-electron chi connectivity index (χ0n) is 10.8. The second kappa shape index (κ2) is 5.61. The van der Waals surface area contributed by atoms with Crippen LogP contribution >= 0.6 is 0 Å². The smallest absolute Gasteiger partial charge is 0.290 e. The van der Waals surface area contributed by atoms with Gasteiger partial charge in [-0.1, -0.05) is 0 Å². The van der Waals surface area contributed by atoms with Crippen molar-refractivity contribution in [2.24, 2.45) is 0 Å². The summed E-state index contributed by atoms with van der Waals surface area (Å²) in [4.78, 5) is 25.5. The molecule has 2 rings (SSSR count). The predicted molar refractivity (Wildman–Crippen MR) is 69.9 cm³/mol. The Hall–Kier alpha value is -2.90. The molecule has 0 aliphatic carbocycles. The summed E-state index contributed by atoms with van der Waals surface area (Å²) >= 11 is 0. The third-order valence-electron chi connectivity index (χ3n) is 2.69. The molecule has 0 bridgehead atoms. The van der Waals surface area contributed by atoms with Crippen molar-refractivity contribution in [2.45, 2.75) is 6.92 Å². The van der Waals surface area contributed by atoms with Crippen LogP contribution in [-0.4, -0.2) is 15.8 Å². The first kappa shape index (κ1) is 14.5. The molecule has 0 saturated heterocycles. The lowest BCUT2D eigenvalue weighted by atomic mass is 10.2. The minimum atomic E-state index is -0.896. The van der Waals surface area contributed by atoms with Crippen LogP contribution in [0.4, 0.5) is 20.3 Å². The number of benzene rings is 1. The Labute approximate surface area is 117 Å². The monoisotopic (exact) mass is 293 g/mol. The van der Waals surface area contributed by atoms with E-state index < -0.39 is 28.0 Å². The molecular formula is C13H9F2N3O3. The van der Waals surface area contributed by atoms with E-state index in [0.29, 0.717) is 0 Å². The molecule has 1 heterocycles. The molecule has 1 amide bonds. The minimum absolute atomic E-state index is 0.00626. The van der Waals surface area contributed by atoms with Gasteiger partial charge in [0.1, 0.15) is 23.6 Å². The molecule has 1 aromatic carbocycles. The SMILES string of the molecule is Cc1cc(NC(=O)c2cc(F)ccc2F)ncc1[N+](=O)[O-]. The molecule has 1 N–H and O–H groups in total. The highest BCUT2D eigenvalue weighted by Crippen LogP contribution is 2.19. The number of nitro groups is 1. The van der Waals surface area contributed by atoms with Crippen LogP contribution in [0.15, 0.2) is 30.5 Å². The van der Waals surface area contributed by atoms with Crippen molar-refractivity contribution in [1.82, 2.24) is 4.98 Å². The normalized spacial score (nSPS) is 10.2. The lowest BCUT2D eigenvalue weighted by Gasteiger charge is -2.06. The van der Waals surface area contributed by atoms with Gasteiger partial charge < -0.3 is 5.32 Å². The number of halogens is 2. The Morgan fingerprint density at radius 2 is 2.05 bits per heavy atom. The minimum Gasteiger partial charge on any atom is -0.306 e. The number of carbonyl (C=O) groups is 1. The maximum absolute atomic E-state index is 13.4. The van der Waals surface area contributed by atoms with Crippen LogP contribution in [0.2, 0.25) is 0 Å². The van der Waals surface area contributed by atoms with Crippen LogP contribution in [-0.2, 0) is 0 Å². The van der Waals surface area contributed by atoms with E-state index in [4.69, 9.17) is 0 Å². The van der Waals surface area contributed by atoms with E-state index >= 15 is 0 Å². The highest BCUT2D eigenvalue weighted by molar-refractivity contribution is 6.04. The Kier molecular flexibility index (Phi) is 3.88. The molecule has 0 aliphatic rings. The van der Waals surface area contributed by atoms with Crippen molar-refractivity contribution in [1.29, 1.82) is 0 Å². The van der Waals surface area contributed by atoms with Gasteiger partial charge in [0.25, 0.3) is 11.6 Å². The topological polar surface area (TPSA) is 85.1 Å². The van der Waals surface area contributed by atoms with Crippen LogP contribution in [0.3, 0.4) is 0 Å². The molecule has 0 saturated carbocycles. The van der Waals surface area contributed by atoms with Crippen LogP contribution < -0.4 is 5.32 Å². The van der Waals surface area contributed by atoms with Gasteiger partial charge in [-0.05, 0) is 31.2 Å². The van der Waals surface area contributed by atoms with Gasteiger partial charge in [0.15, 0.2) is 0 Å². The highest BCUT2D eigenvalue weighted by atomic mass is 19.1. The van der Waals surface area contributed by atoms with Crippen LogP contribution in [0.25, 0.3) is 0 Å². The van der Waals surface area contributed by atoms with Gasteiger partial charge in [0.05, 0.1) is 10.5 Å². The standard InChI is InChI=1S/C13H9F2N3O3/c1-7-4-12(16-6-11(7)18(20)21)17-13(19)9-5-8(14)2-3-10(9)15/h2-6H,1H3,(H,16,17,19). The second-order valence-corrected chi connectivity index (χ2v) is 4.19. The number of aromatic nitrogens is 1. The first-order valence-electron chi connectivity index (χ1n) is 5.76. The van der Waals surface area contributed by atoms with Crippen molar-refractivity contribution >= 4 is 17.4 Å². The molecule has 0 unspecified atom stereocenters. The molecule has 8 heteroatoms. The number of nitrogens with zero attached hydrogens (tertiary/aromatic N) is 2. The first-order chi connectivity index (χ1) is 9.88. The molecule has 108 valence electrons. The molecule has 0 aliphatic heterocycles. The number of carbonyl (C=O) groups excluding carboxylic acids is 1. The third kappa shape index (κ3) is 3.16. The summed E-state index contributed by atoms with van der Waals surface area (Å²) < 4.78 is 26.4. The van der Waals surface area contributed by atoms with Crippen molar-refractivity contribution < 1.29 is 18.5 Å². The molecule has 0 fully saturated rings. The number of anilines is 1. The molecule has 0 atom stereocenters. The summed E-state index contributed by atoms with van der Waals surface area (Å²) in [5, 5.41) is 12.9. The van der Waals surface area contributed by atoms with Crippen LogP contribution in [0.1, 0.15) is 15.9 Å². The lowest BCUT2D eigenvalue weighted by Crippen LogP contribution is -2.15. The van der Waals surface area contributed by atoms with E-state index in [9.17, 15) is 23.7 Å². The number of rotatable bonds is 3. The maximum Gasteiger partial charge on any atom is 0.290 e. The fraction of sp³-hybridized carbons (Fsp3) is 0.0769. The van der Waals surface area contributed by atoms with E-state index in [-0.39, 0.29) is 17.1 Å². The fourth-order valence-electron chi connectivity index (χ4n) is 1.66. The number of pyridine rings is 1. The average Bonchev–Trinajstić information content (AvgIpc) is 2.41. The molecule has 21 heavy (non-hydrogen) atoms. The Morgan fingerprint density at radius 1 is 1.33 bits per heavy atom. The summed E-state index contributed by atoms with van der Waals surface area (Å²) in [6, 6.07) is 3.75. The van der Waals surface area contributed by atoms with Crippen molar-refractivity contribution in [3.05, 3.63) is 63.3 Å². The Bertz CT molecular complexity index is 735. The molecular weight excluding hydrogens is 284 g/mol. The largest absolute Gasteiger partial charge is 0.306 e. The summed E-state index contributed by atoms with van der Waals surface area (Å²) in [5.74, 6) is -2.53. The quantitative estimate of drug-likeness (QED) is 0.696. The molecule has 2 aromatic rings. The van der Waals surface area contributed by atoms with Crippen molar-refractivity contribution in [2.75, 3.05) is 5.32 Å². The molecule has 1 aromatic heterocycles. The maximum atomic E-state index is 13.4. The first-order valence-corrected chi connectivity index (χ1v) is 5.76. The Balaban J connectivity index is 2.26. The summed E-state index contributed by atoms with van der Waals surface area (Å²) in [7, 11) is 0. The second-order valence-electron chi connectivity index (χ2n) is 4.19. The number of aryl methyl sites for hydroxylation is 1. The lowest BCUT2D eigenvalue weighted by molar-refractivity contribution is -0.385. The van der Waals surface area contributed by atoms with Gasteiger partial charge >= 0.3 is 0 Å². The summed E-state index contributed by atoms with van der Waals surface area (Å²) in [6.45, 7) is 1.47. The van der Waals surface area contributed by atoms with Gasteiger partial charge in [-0.25, -0.2) is 13.8 Å².